The van der Waals surface area contributed by atoms with Gasteiger partial charge < -0.3 is 4.74 Å². The van der Waals surface area contributed by atoms with Crippen molar-refractivity contribution in [2.24, 2.45) is 7.05 Å². The van der Waals surface area contributed by atoms with Crippen molar-refractivity contribution < 1.29 is 9.53 Å². The van der Waals surface area contributed by atoms with Crippen LogP contribution in [0.2, 0.25) is 0 Å². The summed E-state index contributed by atoms with van der Waals surface area (Å²) in [7, 11) is 3.41. The number of aryl methyl sites for hydroxylation is 2. The molecule has 0 fully saturated rings. The molecule has 5 nitrogen and oxygen atoms in total. The molecule has 0 N–H and O–H groups in total. The molecule has 2 rings (SSSR count). The molecule has 0 saturated heterocycles. The minimum absolute atomic E-state index is 0.00889. The van der Waals surface area contributed by atoms with Crippen molar-refractivity contribution in [1.29, 1.82) is 0 Å². The highest BCUT2D eigenvalue weighted by Crippen LogP contribution is 2.24. The van der Waals surface area contributed by atoms with E-state index in [2.05, 4.69) is 10.1 Å². The van der Waals surface area contributed by atoms with Gasteiger partial charge in [-0.2, -0.15) is 5.10 Å². The highest BCUT2D eigenvalue weighted by atomic mass is 16.5. The van der Waals surface area contributed by atoms with Crippen LogP contribution >= 0.6 is 0 Å². The molecule has 19 heavy (non-hydrogen) atoms. The van der Waals surface area contributed by atoms with E-state index in [0.29, 0.717) is 5.56 Å². The lowest BCUT2D eigenvalue weighted by atomic mass is 10.0. The van der Waals surface area contributed by atoms with Crippen molar-refractivity contribution in [2.75, 3.05) is 7.11 Å². The number of methoxy groups -OCH3 is 1. The van der Waals surface area contributed by atoms with Gasteiger partial charge in [-0.05, 0) is 13.8 Å². The molecule has 0 aliphatic carbocycles. The Hall–Kier alpha value is -2.17. The maximum atomic E-state index is 12.1. The molecular weight excluding hydrogens is 242 g/mol. The molecule has 0 amide bonds. The Morgan fingerprint density at radius 3 is 2.68 bits per heavy atom. The van der Waals surface area contributed by atoms with Gasteiger partial charge in [0.15, 0.2) is 5.78 Å². The van der Waals surface area contributed by atoms with Crippen LogP contribution in [0.3, 0.4) is 0 Å². The zero-order valence-corrected chi connectivity index (χ0v) is 11.6. The number of rotatable bonds is 4. The number of hydrogen-bond donors (Lipinski definition) is 0. The van der Waals surface area contributed by atoms with Gasteiger partial charge in [-0.15, -0.1) is 0 Å². The molecule has 0 aliphatic heterocycles. The number of carbonyl (C=O) groups excluding carboxylic acids is 1. The quantitative estimate of drug-likeness (QED) is 0.786. The fraction of sp³-hybridized carbons (Fsp3) is 0.357. The van der Waals surface area contributed by atoms with E-state index < -0.39 is 0 Å². The number of pyridine rings is 1. The van der Waals surface area contributed by atoms with Gasteiger partial charge in [0.2, 0.25) is 0 Å². The van der Waals surface area contributed by atoms with Gasteiger partial charge in [0, 0.05) is 30.6 Å². The van der Waals surface area contributed by atoms with E-state index in [1.807, 2.05) is 13.8 Å². The van der Waals surface area contributed by atoms with Crippen LogP contribution in [0.25, 0.3) is 0 Å². The van der Waals surface area contributed by atoms with Crippen LogP contribution < -0.4 is 4.74 Å². The monoisotopic (exact) mass is 259 g/mol. The maximum absolute atomic E-state index is 12.1. The molecule has 0 bridgehead atoms. The smallest absolute Gasteiger partial charge is 0.171 e. The number of carbonyl (C=O) groups is 1. The Morgan fingerprint density at radius 2 is 2.11 bits per heavy atom. The molecule has 2 aromatic heterocycles. The van der Waals surface area contributed by atoms with Gasteiger partial charge in [0.1, 0.15) is 5.75 Å². The predicted octanol–water partition coefficient (Wildman–Crippen LogP) is 1.87. The highest BCUT2D eigenvalue weighted by Gasteiger charge is 2.15. The van der Waals surface area contributed by atoms with E-state index in [9.17, 15) is 4.79 Å². The second kappa shape index (κ2) is 5.22. The van der Waals surface area contributed by atoms with Crippen molar-refractivity contribution in [2.45, 2.75) is 20.3 Å². The first-order chi connectivity index (χ1) is 9.02. The molecular formula is C14H17N3O2. The van der Waals surface area contributed by atoms with Gasteiger partial charge in [-0.25, -0.2) is 0 Å². The summed E-state index contributed by atoms with van der Waals surface area (Å²) in [6.07, 6.45) is 5.28. The molecule has 2 aromatic rings. The molecule has 0 radical (unpaired) electrons. The number of ether oxygens (including phenoxy) is 1. The molecule has 0 atom stereocenters. The van der Waals surface area contributed by atoms with E-state index in [-0.39, 0.29) is 12.2 Å². The first-order valence-corrected chi connectivity index (χ1v) is 6.04. The Balaban J connectivity index is 2.27. The van der Waals surface area contributed by atoms with Crippen LogP contribution in [0.4, 0.5) is 0 Å². The maximum Gasteiger partial charge on any atom is 0.171 e. The molecule has 2 heterocycles. The predicted molar refractivity (Wildman–Crippen MR) is 71.5 cm³/mol. The highest BCUT2D eigenvalue weighted by molar-refractivity contribution is 5.97. The summed E-state index contributed by atoms with van der Waals surface area (Å²) in [6.45, 7) is 3.86. The van der Waals surface area contributed by atoms with E-state index in [4.69, 9.17) is 4.74 Å². The third-order valence-electron chi connectivity index (χ3n) is 3.10. The summed E-state index contributed by atoms with van der Waals surface area (Å²) >= 11 is 0. The second-order valence-electron chi connectivity index (χ2n) is 4.55. The largest absolute Gasteiger partial charge is 0.496 e. The van der Waals surface area contributed by atoms with Crippen LogP contribution in [-0.2, 0) is 13.5 Å². The molecule has 100 valence electrons. The van der Waals surface area contributed by atoms with Gasteiger partial charge in [-0.1, -0.05) is 0 Å². The molecule has 0 saturated carbocycles. The summed E-state index contributed by atoms with van der Waals surface area (Å²) in [4.78, 5) is 16.5. The number of aromatic nitrogens is 3. The fourth-order valence-electron chi connectivity index (χ4n) is 2.07. The van der Waals surface area contributed by atoms with Gasteiger partial charge in [0.05, 0.1) is 31.0 Å². The number of Topliss-reactive ketones (excluding diaryl/α,β-unsaturated/α-hetero) is 1. The first kappa shape index (κ1) is 13.3. The standard InChI is InChI=1S/C14H17N3O2/c1-9-6-15-12(10(2)14(9)19-4)5-13(18)11-7-16-17(3)8-11/h6-8H,5H2,1-4H3. The van der Waals surface area contributed by atoms with Crippen LogP contribution in [0.15, 0.2) is 18.6 Å². The van der Waals surface area contributed by atoms with Crippen LogP contribution in [0.5, 0.6) is 5.75 Å². The van der Waals surface area contributed by atoms with E-state index >= 15 is 0 Å². The number of ketones is 1. The minimum atomic E-state index is 0.00889. The topological polar surface area (TPSA) is 57.0 Å². The fourth-order valence-corrected chi connectivity index (χ4v) is 2.07. The molecule has 0 spiro atoms. The van der Waals surface area contributed by atoms with Crippen molar-refractivity contribution in [3.63, 3.8) is 0 Å². The Kier molecular flexibility index (Phi) is 3.64. The SMILES string of the molecule is COc1c(C)cnc(CC(=O)c2cnn(C)c2)c1C. The zero-order valence-electron chi connectivity index (χ0n) is 11.6. The van der Waals surface area contributed by atoms with Crippen LogP contribution in [-0.4, -0.2) is 27.7 Å². The summed E-state index contributed by atoms with van der Waals surface area (Å²) in [6, 6.07) is 0. The second-order valence-corrected chi connectivity index (χ2v) is 4.55. The van der Waals surface area contributed by atoms with Gasteiger partial charge >= 0.3 is 0 Å². The van der Waals surface area contributed by atoms with Gasteiger partial charge in [0.25, 0.3) is 0 Å². The normalized spacial score (nSPS) is 10.5. The average Bonchev–Trinajstić information content (AvgIpc) is 2.80. The Labute approximate surface area is 112 Å². The van der Waals surface area contributed by atoms with Crippen molar-refractivity contribution in [3.05, 3.63) is 41.0 Å². The molecule has 5 heteroatoms. The number of nitrogens with zero attached hydrogens (tertiary/aromatic N) is 3. The van der Waals surface area contributed by atoms with Crippen LogP contribution in [0, 0.1) is 13.8 Å². The summed E-state index contributed by atoms with van der Waals surface area (Å²) in [5, 5.41) is 4.00. The van der Waals surface area contributed by atoms with Gasteiger partial charge in [-0.3, -0.25) is 14.5 Å². The molecule has 0 unspecified atom stereocenters. The lowest BCUT2D eigenvalue weighted by Crippen LogP contribution is -2.07. The summed E-state index contributed by atoms with van der Waals surface area (Å²) in [5.41, 5.74) is 3.23. The average molecular weight is 259 g/mol. The Bertz CT molecular complexity index is 617. The third kappa shape index (κ3) is 2.65. The third-order valence-corrected chi connectivity index (χ3v) is 3.10. The summed E-state index contributed by atoms with van der Waals surface area (Å²) in [5.74, 6) is 0.804. The first-order valence-electron chi connectivity index (χ1n) is 6.04. The van der Waals surface area contributed by atoms with E-state index in [0.717, 1.165) is 22.6 Å². The number of hydrogen-bond acceptors (Lipinski definition) is 4. The lowest BCUT2D eigenvalue weighted by Gasteiger charge is -2.11. The lowest BCUT2D eigenvalue weighted by molar-refractivity contribution is 0.0991. The molecule has 0 aromatic carbocycles. The summed E-state index contributed by atoms with van der Waals surface area (Å²) < 4.78 is 6.95. The van der Waals surface area contributed by atoms with Crippen molar-refractivity contribution in [1.82, 2.24) is 14.8 Å². The Morgan fingerprint density at radius 1 is 1.37 bits per heavy atom. The van der Waals surface area contributed by atoms with Crippen molar-refractivity contribution >= 4 is 5.78 Å². The van der Waals surface area contributed by atoms with E-state index in [1.165, 1.54) is 0 Å². The zero-order chi connectivity index (χ0) is 14.0. The van der Waals surface area contributed by atoms with E-state index in [1.54, 1.807) is 37.4 Å². The van der Waals surface area contributed by atoms with Crippen molar-refractivity contribution in [3.8, 4) is 5.75 Å². The van der Waals surface area contributed by atoms with Crippen LogP contribution in [0.1, 0.15) is 27.2 Å². The minimum Gasteiger partial charge on any atom is -0.496 e. The molecule has 0 aliphatic rings.